The number of hydrogen-bond donors (Lipinski definition) is 2. The summed E-state index contributed by atoms with van der Waals surface area (Å²) in [5.41, 5.74) is 0.558. The molecule has 3 aromatic rings. The van der Waals surface area contributed by atoms with E-state index < -0.39 is 69.4 Å². The zero-order valence-electron chi connectivity index (χ0n) is 26.9. The molecule has 2 fully saturated rings. The first-order chi connectivity index (χ1) is 23.3. The van der Waals surface area contributed by atoms with Gasteiger partial charge >= 0.3 is 12.1 Å². The van der Waals surface area contributed by atoms with Gasteiger partial charge in [0.15, 0.2) is 17.7 Å². The SMILES string of the molecule is CC(C)(C)OC(=O)N[C@@H]1C(=O)N2C(C(=O)OC(c3ccccc3)c3ccccc3)=C(C=C3CCN(c4cccc(F)c4O)C3=O)C[S@](=O)[C@H]12. The molecular formula is C36H34FN3O8S. The molecule has 3 atom stereocenters. The number of phenolic OH excluding ortho intramolecular Hbond substituents is 1. The number of allylic oxidation sites excluding steroid dienone is 1. The van der Waals surface area contributed by atoms with Crippen LogP contribution in [0.2, 0.25) is 0 Å². The van der Waals surface area contributed by atoms with E-state index in [1.165, 1.54) is 23.1 Å². The Labute approximate surface area is 284 Å². The Hall–Kier alpha value is -5.30. The van der Waals surface area contributed by atoms with E-state index in [4.69, 9.17) is 9.47 Å². The van der Waals surface area contributed by atoms with Crippen molar-refractivity contribution in [3.8, 4) is 5.75 Å². The summed E-state index contributed by atoms with van der Waals surface area (Å²) >= 11 is 0. The summed E-state index contributed by atoms with van der Waals surface area (Å²) in [6, 6.07) is 20.6. The average molecular weight is 688 g/mol. The van der Waals surface area contributed by atoms with Crippen molar-refractivity contribution in [1.29, 1.82) is 0 Å². The van der Waals surface area contributed by atoms with Crippen LogP contribution in [0.3, 0.4) is 0 Å². The van der Waals surface area contributed by atoms with Crippen LogP contribution >= 0.6 is 0 Å². The number of aromatic hydroxyl groups is 1. The normalized spacial score (nSPS) is 21.5. The van der Waals surface area contributed by atoms with Crippen molar-refractivity contribution < 1.29 is 42.4 Å². The van der Waals surface area contributed by atoms with E-state index in [2.05, 4.69) is 5.32 Å². The molecule has 0 bridgehead atoms. The van der Waals surface area contributed by atoms with Crippen molar-refractivity contribution in [1.82, 2.24) is 10.2 Å². The number of benzene rings is 3. The van der Waals surface area contributed by atoms with E-state index >= 15 is 0 Å². The van der Waals surface area contributed by atoms with Crippen LogP contribution in [0.4, 0.5) is 14.9 Å². The molecule has 0 spiro atoms. The van der Waals surface area contributed by atoms with Crippen molar-refractivity contribution in [2.75, 3.05) is 17.2 Å². The Balaban J connectivity index is 1.38. The molecule has 0 unspecified atom stereocenters. The van der Waals surface area contributed by atoms with Gasteiger partial charge in [-0.25, -0.2) is 14.0 Å². The van der Waals surface area contributed by atoms with Gasteiger partial charge in [-0.05, 0) is 62.1 Å². The first-order valence-electron chi connectivity index (χ1n) is 15.6. The number of rotatable bonds is 7. The van der Waals surface area contributed by atoms with E-state index in [9.17, 15) is 32.9 Å². The molecule has 0 radical (unpaired) electrons. The quantitative estimate of drug-likeness (QED) is 0.209. The predicted octanol–water partition coefficient (Wildman–Crippen LogP) is 4.61. The first-order valence-corrected chi connectivity index (χ1v) is 17.0. The highest BCUT2D eigenvalue weighted by molar-refractivity contribution is 7.86. The number of nitrogens with zero attached hydrogens (tertiary/aromatic N) is 2. The van der Waals surface area contributed by atoms with Crippen molar-refractivity contribution in [2.45, 2.75) is 50.3 Å². The number of carbonyl (C=O) groups excluding carboxylic acids is 4. The molecule has 13 heteroatoms. The lowest BCUT2D eigenvalue weighted by Gasteiger charge is -2.49. The van der Waals surface area contributed by atoms with Crippen molar-refractivity contribution in [2.24, 2.45) is 0 Å². The Kier molecular flexibility index (Phi) is 9.12. The Bertz CT molecular complexity index is 1870. The number of para-hydroxylation sites is 1. The van der Waals surface area contributed by atoms with Crippen LogP contribution in [-0.2, 0) is 34.7 Å². The number of carbonyl (C=O) groups is 4. The lowest BCUT2D eigenvalue weighted by molar-refractivity contribution is -0.153. The maximum Gasteiger partial charge on any atom is 0.408 e. The zero-order valence-corrected chi connectivity index (χ0v) is 27.7. The molecule has 3 aliphatic rings. The van der Waals surface area contributed by atoms with Gasteiger partial charge in [-0.2, -0.15) is 0 Å². The molecule has 2 saturated heterocycles. The lowest BCUT2D eigenvalue weighted by Crippen LogP contribution is -2.73. The summed E-state index contributed by atoms with van der Waals surface area (Å²) in [5.74, 6) is -3.97. The number of amides is 3. The summed E-state index contributed by atoms with van der Waals surface area (Å²) in [7, 11) is -1.82. The molecule has 2 N–H and O–H groups in total. The molecule has 3 aliphatic heterocycles. The minimum Gasteiger partial charge on any atom is -0.503 e. The number of esters is 1. The second-order valence-electron chi connectivity index (χ2n) is 12.7. The fraction of sp³-hybridized carbons (Fsp3) is 0.278. The third-order valence-corrected chi connectivity index (χ3v) is 9.80. The number of alkyl carbamates (subject to hydrolysis) is 1. The topological polar surface area (TPSA) is 143 Å². The van der Waals surface area contributed by atoms with E-state index in [0.29, 0.717) is 11.1 Å². The second kappa shape index (κ2) is 13.3. The van der Waals surface area contributed by atoms with Gasteiger partial charge in [0.1, 0.15) is 22.7 Å². The third-order valence-electron chi connectivity index (χ3n) is 8.18. The monoisotopic (exact) mass is 687 g/mol. The summed E-state index contributed by atoms with van der Waals surface area (Å²) in [6.45, 7) is 5.09. The number of hydrogen-bond acceptors (Lipinski definition) is 8. The van der Waals surface area contributed by atoms with Gasteiger partial charge in [0, 0.05) is 12.1 Å². The van der Waals surface area contributed by atoms with Crippen molar-refractivity contribution >= 4 is 40.4 Å². The molecule has 0 aromatic heterocycles. The summed E-state index contributed by atoms with van der Waals surface area (Å²) in [6.07, 6.45) is -0.196. The van der Waals surface area contributed by atoms with Gasteiger partial charge in [-0.1, -0.05) is 66.7 Å². The maximum atomic E-state index is 14.3. The molecule has 0 saturated carbocycles. The fourth-order valence-corrected chi connectivity index (χ4v) is 7.63. The van der Waals surface area contributed by atoms with Gasteiger partial charge in [0.2, 0.25) is 0 Å². The lowest BCUT2D eigenvalue weighted by atomic mass is 10.00. The second-order valence-corrected chi connectivity index (χ2v) is 14.2. The molecule has 6 rings (SSSR count). The third kappa shape index (κ3) is 6.71. The van der Waals surface area contributed by atoms with E-state index in [0.717, 1.165) is 11.0 Å². The fourth-order valence-electron chi connectivity index (χ4n) is 6.00. The van der Waals surface area contributed by atoms with Crippen LogP contribution in [0, 0.1) is 5.82 Å². The number of ether oxygens (including phenoxy) is 2. The number of fused-ring (bicyclic) bond motifs is 1. The van der Waals surface area contributed by atoms with E-state index in [-0.39, 0.29) is 41.2 Å². The maximum absolute atomic E-state index is 14.3. The minimum atomic E-state index is -1.82. The number of β-lactam (4-membered cyclic amide) rings is 1. The molecule has 11 nitrogen and oxygen atoms in total. The predicted molar refractivity (Wildman–Crippen MR) is 178 cm³/mol. The molecule has 3 amide bonds. The number of nitrogens with one attached hydrogen (secondary N) is 1. The number of phenols is 1. The highest BCUT2D eigenvalue weighted by Gasteiger charge is 2.58. The van der Waals surface area contributed by atoms with Crippen LogP contribution in [0.15, 0.2) is 102 Å². The van der Waals surface area contributed by atoms with E-state index in [1.54, 1.807) is 69.3 Å². The molecule has 3 aromatic carbocycles. The Morgan fingerprint density at radius 2 is 1.63 bits per heavy atom. The van der Waals surface area contributed by atoms with Crippen LogP contribution in [-0.4, -0.2) is 67.4 Å². The molecule has 49 heavy (non-hydrogen) atoms. The highest BCUT2D eigenvalue weighted by Crippen LogP contribution is 2.39. The van der Waals surface area contributed by atoms with Gasteiger partial charge < -0.3 is 24.8 Å². The van der Waals surface area contributed by atoms with Crippen LogP contribution in [0.1, 0.15) is 44.4 Å². The van der Waals surface area contributed by atoms with Gasteiger partial charge in [-0.15, -0.1) is 0 Å². The van der Waals surface area contributed by atoms with Crippen LogP contribution in [0.25, 0.3) is 0 Å². The van der Waals surface area contributed by atoms with Crippen LogP contribution in [0.5, 0.6) is 5.75 Å². The summed E-state index contributed by atoms with van der Waals surface area (Å²) < 4.78 is 39.2. The first kappa shape index (κ1) is 33.6. The number of halogens is 1. The van der Waals surface area contributed by atoms with Crippen molar-refractivity contribution in [3.63, 3.8) is 0 Å². The van der Waals surface area contributed by atoms with Gasteiger partial charge in [0.05, 0.1) is 22.2 Å². The Morgan fingerprint density at radius 1 is 1.00 bits per heavy atom. The largest absolute Gasteiger partial charge is 0.503 e. The standard InChI is InChI=1S/C36H34FN3O8S/c1-36(2,3)48-35(45)38-27-32(43)40-28(34(44)47-30(21-11-6-4-7-12-21)22-13-8-5-9-14-22)24(20-49(46)33(27)40)19-23-17-18-39(31(23)42)26-16-10-15-25(37)29(26)41/h4-16,19,27,30,33,41H,17-18,20H2,1-3H3,(H,38,45)/t27-,33-,49+/m1/s1. The van der Waals surface area contributed by atoms with Crippen LogP contribution < -0.4 is 10.2 Å². The molecule has 254 valence electrons. The molecule has 3 heterocycles. The molecule has 0 aliphatic carbocycles. The number of anilines is 1. The average Bonchev–Trinajstić information content (AvgIpc) is 3.42. The van der Waals surface area contributed by atoms with Crippen molar-refractivity contribution in [3.05, 3.63) is 119 Å². The summed E-state index contributed by atoms with van der Waals surface area (Å²) in [4.78, 5) is 56.3. The zero-order chi connectivity index (χ0) is 35.0. The van der Waals surface area contributed by atoms with Gasteiger partial charge in [-0.3, -0.25) is 18.7 Å². The molecular weight excluding hydrogens is 653 g/mol. The van der Waals surface area contributed by atoms with Gasteiger partial charge in [0.25, 0.3) is 11.8 Å². The smallest absolute Gasteiger partial charge is 0.408 e. The van der Waals surface area contributed by atoms with E-state index in [1.807, 2.05) is 12.1 Å². The highest BCUT2D eigenvalue weighted by atomic mass is 32.2. The minimum absolute atomic E-state index is 0.0168. The summed E-state index contributed by atoms with van der Waals surface area (Å²) in [5, 5.41) is 11.7. The Morgan fingerprint density at radius 3 is 2.24 bits per heavy atom.